The maximum absolute atomic E-state index is 14.8. The molecule has 1 amide bonds. The fourth-order valence-corrected chi connectivity index (χ4v) is 4.09. The minimum absolute atomic E-state index is 0.102. The number of hydrogen-bond acceptors (Lipinski definition) is 5. The van der Waals surface area contributed by atoms with E-state index in [1.54, 1.807) is 19.9 Å². The molecule has 0 spiro atoms. The van der Waals surface area contributed by atoms with Crippen molar-refractivity contribution in [1.82, 2.24) is 0 Å². The summed E-state index contributed by atoms with van der Waals surface area (Å²) < 4.78 is 53.1. The molecular formula is C27H22F3NO5. The minimum atomic E-state index is -1.33. The smallest absolute Gasteiger partial charge is 0.300 e. The molecule has 6 nitrogen and oxygen atoms in total. The summed E-state index contributed by atoms with van der Waals surface area (Å²) in [5, 5.41) is 11.3. The summed E-state index contributed by atoms with van der Waals surface area (Å²) in [5.74, 6) is -4.68. The van der Waals surface area contributed by atoms with Crippen LogP contribution in [0.1, 0.15) is 31.0 Å². The second-order valence-electron chi connectivity index (χ2n) is 7.84. The van der Waals surface area contributed by atoms with Crippen molar-refractivity contribution >= 4 is 23.1 Å². The molecule has 9 heteroatoms. The largest absolute Gasteiger partial charge is 0.507 e. The molecule has 186 valence electrons. The number of carbonyl (C=O) groups is 2. The van der Waals surface area contributed by atoms with Crippen molar-refractivity contribution in [2.24, 2.45) is 0 Å². The molecule has 1 atom stereocenters. The summed E-state index contributed by atoms with van der Waals surface area (Å²) in [4.78, 5) is 27.2. The van der Waals surface area contributed by atoms with Crippen molar-refractivity contribution in [3.63, 3.8) is 0 Å². The third-order valence-electron chi connectivity index (χ3n) is 5.62. The normalized spacial score (nSPS) is 16.9. The van der Waals surface area contributed by atoms with Crippen LogP contribution in [0.3, 0.4) is 0 Å². The lowest BCUT2D eigenvalue weighted by molar-refractivity contribution is -0.132. The lowest BCUT2D eigenvalue weighted by Gasteiger charge is -2.26. The molecular weight excluding hydrogens is 475 g/mol. The average Bonchev–Trinajstić information content (AvgIpc) is 3.10. The molecule has 1 aliphatic rings. The molecule has 1 unspecified atom stereocenters. The molecule has 36 heavy (non-hydrogen) atoms. The fourth-order valence-electron chi connectivity index (χ4n) is 4.09. The fraction of sp³-hybridized carbons (Fsp3) is 0.185. The van der Waals surface area contributed by atoms with Crippen molar-refractivity contribution in [3.8, 4) is 11.5 Å². The Kier molecular flexibility index (Phi) is 7.00. The van der Waals surface area contributed by atoms with Crippen LogP contribution in [-0.4, -0.2) is 30.0 Å². The first-order chi connectivity index (χ1) is 17.3. The quantitative estimate of drug-likeness (QED) is 0.264. The number of rotatable bonds is 7. The van der Waals surface area contributed by atoms with E-state index < -0.39 is 40.9 Å². The summed E-state index contributed by atoms with van der Waals surface area (Å²) in [7, 11) is 0. The predicted molar refractivity (Wildman–Crippen MR) is 126 cm³/mol. The van der Waals surface area contributed by atoms with E-state index >= 15 is 0 Å². The predicted octanol–water partition coefficient (Wildman–Crippen LogP) is 5.53. The number of amides is 1. The van der Waals surface area contributed by atoms with Crippen LogP contribution in [0.4, 0.5) is 18.9 Å². The van der Waals surface area contributed by atoms with Crippen LogP contribution in [0, 0.1) is 17.5 Å². The van der Waals surface area contributed by atoms with Crippen molar-refractivity contribution in [2.75, 3.05) is 18.1 Å². The first-order valence-corrected chi connectivity index (χ1v) is 11.2. The van der Waals surface area contributed by atoms with Crippen LogP contribution in [0.25, 0.3) is 5.76 Å². The number of hydrogen-bond donors (Lipinski definition) is 1. The molecule has 4 rings (SSSR count). The second kappa shape index (κ2) is 10.2. The molecule has 0 saturated carbocycles. The Hall–Kier alpha value is -4.27. The van der Waals surface area contributed by atoms with Crippen molar-refractivity contribution < 1.29 is 37.3 Å². The number of nitrogens with zero attached hydrogens (tertiary/aromatic N) is 1. The molecule has 1 heterocycles. The van der Waals surface area contributed by atoms with E-state index in [1.165, 1.54) is 24.3 Å². The summed E-state index contributed by atoms with van der Waals surface area (Å²) in [6.45, 7) is 4.14. The summed E-state index contributed by atoms with van der Waals surface area (Å²) >= 11 is 0. The number of carbonyl (C=O) groups excluding carboxylic acids is 2. The first kappa shape index (κ1) is 24.8. The zero-order chi connectivity index (χ0) is 26.0. The molecule has 0 bridgehead atoms. The lowest BCUT2D eigenvalue weighted by Crippen LogP contribution is -2.30. The lowest BCUT2D eigenvalue weighted by atomic mass is 9.94. The molecule has 0 radical (unpaired) electrons. The van der Waals surface area contributed by atoms with Crippen LogP contribution < -0.4 is 14.4 Å². The van der Waals surface area contributed by atoms with E-state index in [9.17, 15) is 27.9 Å². The van der Waals surface area contributed by atoms with Crippen molar-refractivity contribution in [1.29, 1.82) is 0 Å². The number of aliphatic hydroxyl groups excluding tert-OH is 1. The van der Waals surface area contributed by atoms with Crippen LogP contribution in [0.15, 0.2) is 66.2 Å². The standard InChI is InChI=1S/C27H22F3NO5/c1-3-35-18-10-11-19(22(14-18)36-4-2)25(32)23-24(15-5-7-16(28)8-6-15)31(27(34)26(23)33)21-12-9-17(29)13-20(21)30/h5-14,24,32H,3-4H2,1-2H3/b25-23-. The summed E-state index contributed by atoms with van der Waals surface area (Å²) in [5.41, 5.74) is -0.404. The molecule has 0 aliphatic carbocycles. The van der Waals surface area contributed by atoms with E-state index in [2.05, 4.69) is 0 Å². The highest BCUT2D eigenvalue weighted by Gasteiger charge is 2.48. The van der Waals surface area contributed by atoms with Gasteiger partial charge in [0.05, 0.1) is 36.1 Å². The second-order valence-corrected chi connectivity index (χ2v) is 7.84. The van der Waals surface area contributed by atoms with Gasteiger partial charge >= 0.3 is 0 Å². The molecule has 1 fully saturated rings. The van der Waals surface area contributed by atoms with Gasteiger partial charge in [-0.15, -0.1) is 0 Å². The first-order valence-electron chi connectivity index (χ1n) is 11.2. The Bertz CT molecular complexity index is 1350. The number of halogens is 3. The Labute approximate surface area is 205 Å². The maximum Gasteiger partial charge on any atom is 0.300 e. The Morgan fingerprint density at radius 2 is 1.56 bits per heavy atom. The maximum atomic E-state index is 14.8. The number of ether oxygens (including phenoxy) is 2. The van der Waals surface area contributed by atoms with Gasteiger partial charge in [0.25, 0.3) is 11.7 Å². The molecule has 1 N–H and O–H groups in total. The van der Waals surface area contributed by atoms with Crippen LogP contribution in [0.2, 0.25) is 0 Å². The van der Waals surface area contributed by atoms with Crippen LogP contribution >= 0.6 is 0 Å². The van der Waals surface area contributed by atoms with E-state index in [0.29, 0.717) is 18.4 Å². The summed E-state index contributed by atoms with van der Waals surface area (Å²) in [6.07, 6.45) is 0. The number of benzene rings is 3. The molecule has 3 aromatic rings. The Morgan fingerprint density at radius 3 is 2.19 bits per heavy atom. The van der Waals surface area contributed by atoms with Crippen molar-refractivity contribution in [3.05, 3.63) is 94.8 Å². The topological polar surface area (TPSA) is 76.1 Å². The zero-order valence-corrected chi connectivity index (χ0v) is 19.4. The number of Topliss-reactive ketones (excluding diaryl/α,β-unsaturated/α-hetero) is 1. The van der Waals surface area contributed by atoms with Crippen molar-refractivity contribution in [2.45, 2.75) is 19.9 Å². The SMILES string of the molecule is CCOc1ccc(/C(O)=C2/C(=O)C(=O)N(c3ccc(F)cc3F)C2c2ccc(F)cc2)c(OCC)c1. The summed E-state index contributed by atoms with van der Waals surface area (Å²) in [6, 6.07) is 10.6. The molecule has 1 saturated heterocycles. The third kappa shape index (κ3) is 4.51. The minimum Gasteiger partial charge on any atom is -0.507 e. The van der Waals surface area contributed by atoms with Gasteiger partial charge in [0.2, 0.25) is 0 Å². The van der Waals surface area contributed by atoms with Gasteiger partial charge in [-0.3, -0.25) is 14.5 Å². The number of aliphatic hydroxyl groups is 1. The van der Waals surface area contributed by atoms with Gasteiger partial charge in [-0.25, -0.2) is 13.2 Å². The molecule has 1 aliphatic heterocycles. The highest BCUT2D eigenvalue weighted by molar-refractivity contribution is 6.51. The van der Waals surface area contributed by atoms with Gasteiger partial charge in [-0.2, -0.15) is 0 Å². The average molecular weight is 497 g/mol. The Balaban J connectivity index is 1.96. The van der Waals surface area contributed by atoms with Gasteiger partial charge < -0.3 is 14.6 Å². The molecule has 0 aromatic heterocycles. The van der Waals surface area contributed by atoms with Gasteiger partial charge in [0.15, 0.2) is 0 Å². The van der Waals surface area contributed by atoms with Gasteiger partial charge in [-0.05, 0) is 55.8 Å². The number of anilines is 1. The third-order valence-corrected chi connectivity index (χ3v) is 5.62. The van der Waals surface area contributed by atoms with E-state index in [0.717, 1.165) is 29.2 Å². The van der Waals surface area contributed by atoms with E-state index in [-0.39, 0.29) is 34.7 Å². The van der Waals surface area contributed by atoms with Crippen LogP contribution in [-0.2, 0) is 9.59 Å². The number of ketones is 1. The van der Waals surface area contributed by atoms with Gasteiger partial charge in [0, 0.05) is 12.1 Å². The Morgan fingerprint density at radius 1 is 0.889 bits per heavy atom. The monoisotopic (exact) mass is 497 g/mol. The van der Waals surface area contributed by atoms with E-state index in [1.807, 2.05) is 0 Å². The molecule has 3 aromatic carbocycles. The van der Waals surface area contributed by atoms with Gasteiger partial charge in [0.1, 0.15) is 34.7 Å². The highest BCUT2D eigenvalue weighted by Crippen LogP contribution is 2.44. The van der Waals surface area contributed by atoms with E-state index in [4.69, 9.17) is 9.47 Å². The zero-order valence-electron chi connectivity index (χ0n) is 19.4. The highest BCUT2D eigenvalue weighted by atomic mass is 19.1. The van der Waals surface area contributed by atoms with Crippen LogP contribution in [0.5, 0.6) is 11.5 Å². The van der Waals surface area contributed by atoms with Gasteiger partial charge in [-0.1, -0.05) is 12.1 Å².